The van der Waals surface area contributed by atoms with E-state index in [0.29, 0.717) is 17.5 Å². The van der Waals surface area contributed by atoms with Crippen LogP contribution in [0.15, 0.2) is 9.42 Å². The lowest BCUT2D eigenvalue weighted by molar-refractivity contribution is 0.227. The molecule has 2 atom stereocenters. The Morgan fingerprint density at radius 1 is 0.958 bits per heavy atom. The van der Waals surface area contributed by atoms with Gasteiger partial charge in [-0.3, -0.25) is 0 Å². The molecule has 1 aromatic rings. The van der Waals surface area contributed by atoms with Gasteiger partial charge in [0.05, 0.1) is 0 Å². The third kappa shape index (κ3) is 4.00. The van der Waals surface area contributed by atoms with Crippen LogP contribution in [0.2, 0.25) is 0 Å². The van der Waals surface area contributed by atoms with Crippen molar-refractivity contribution in [1.29, 1.82) is 0 Å². The second kappa shape index (κ2) is 7.54. The molecule has 0 amide bonds. The molecule has 0 unspecified atom stereocenters. The van der Waals surface area contributed by atoms with Crippen LogP contribution in [0, 0.1) is 13.8 Å². The maximum Gasteiger partial charge on any atom is 0.246 e. The smallest absolute Gasteiger partial charge is 0.246 e. The van der Waals surface area contributed by atoms with Gasteiger partial charge in [0, 0.05) is 18.1 Å². The van der Waals surface area contributed by atoms with Crippen LogP contribution in [-0.4, -0.2) is 31.7 Å². The van der Waals surface area contributed by atoms with Crippen LogP contribution in [-0.2, 0) is 10.0 Å². The third-order valence-corrected chi connectivity index (χ3v) is 7.11. The Morgan fingerprint density at radius 2 is 1.58 bits per heavy atom. The molecule has 24 heavy (non-hydrogen) atoms. The first-order chi connectivity index (χ1) is 11.5. The fourth-order valence-electron chi connectivity index (χ4n) is 3.88. The maximum atomic E-state index is 12.6. The molecule has 2 aliphatic rings. The summed E-state index contributed by atoms with van der Waals surface area (Å²) in [6.45, 7) is 3.30. The van der Waals surface area contributed by atoms with Crippen LogP contribution < -0.4 is 10.0 Å². The molecule has 2 fully saturated rings. The number of nitrogens with zero attached hydrogens (tertiary/aromatic N) is 1. The van der Waals surface area contributed by atoms with E-state index in [1.165, 1.54) is 44.9 Å². The highest BCUT2D eigenvalue weighted by Gasteiger charge is 2.37. The average molecular weight is 356 g/mol. The first kappa shape index (κ1) is 17.9. The minimum Gasteiger partial charge on any atom is -0.360 e. The van der Waals surface area contributed by atoms with Gasteiger partial charge < -0.3 is 9.84 Å². The van der Waals surface area contributed by atoms with Gasteiger partial charge >= 0.3 is 0 Å². The fourth-order valence-corrected chi connectivity index (χ4v) is 5.52. The Hall–Kier alpha value is -0.920. The Kier molecular flexibility index (Phi) is 5.62. The van der Waals surface area contributed by atoms with E-state index in [-0.39, 0.29) is 17.0 Å². The van der Waals surface area contributed by atoms with Crippen molar-refractivity contribution >= 4 is 10.0 Å². The predicted octanol–water partition coefficient (Wildman–Crippen LogP) is 2.80. The molecule has 0 aromatic carbocycles. The van der Waals surface area contributed by atoms with E-state index in [1.54, 1.807) is 13.8 Å². The number of aryl methyl sites for hydroxylation is 2. The van der Waals surface area contributed by atoms with Crippen molar-refractivity contribution in [2.24, 2.45) is 0 Å². The number of aromatic nitrogens is 1. The fraction of sp³-hybridized carbons (Fsp3) is 0.824. The van der Waals surface area contributed by atoms with Gasteiger partial charge in [-0.1, -0.05) is 37.3 Å². The Labute approximate surface area is 144 Å². The van der Waals surface area contributed by atoms with Gasteiger partial charge in [-0.2, -0.15) is 0 Å². The summed E-state index contributed by atoms with van der Waals surface area (Å²) in [5, 5.41) is 7.46. The number of rotatable bonds is 5. The zero-order valence-corrected chi connectivity index (χ0v) is 15.5. The van der Waals surface area contributed by atoms with Gasteiger partial charge in [-0.05, 0) is 39.5 Å². The summed E-state index contributed by atoms with van der Waals surface area (Å²) >= 11 is 0. The largest absolute Gasteiger partial charge is 0.360 e. The van der Waals surface area contributed by atoms with Crippen LogP contribution in [0.25, 0.3) is 0 Å². The van der Waals surface area contributed by atoms with Gasteiger partial charge in [0.15, 0.2) is 5.76 Å². The van der Waals surface area contributed by atoms with E-state index in [0.717, 1.165) is 12.8 Å². The quantitative estimate of drug-likeness (QED) is 0.848. The van der Waals surface area contributed by atoms with Crippen molar-refractivity contribution in [3.63, 3.8) is 0 Å². The lowest BCUT2D eigenvalue weighted by atomic mass is 9.85. The number of hydrogen-bond donors (Lipinski definition) is 2. The highest BCUT2D eigenvalue weighted by Crippen LogP contribution is 2.27. The highest BCUT2D eigenvalue weighted by molar-refractivity contribution is 7.89. The van der Waals surface area contributed by atoms with Gasteiger partial charge in [0.2, 0.25) is 10.0 Å². The first-order valence-electron chi connectivity index (χ1n) is 9.18. The molecule has 2 N–H and O–H groups in total. The van der Waals surface area contributed by atoms with Gasteiger partial charge in [-0.15, -0.1) is 0 Å². The number of sulfonamides is 1. The van der Waals surface area contributed by atoms with Crippen molar-refractivity contribution in [2.45, 2.75) is 94.7 Å². The normalized spacial score (nSPS) is 26.6. The molecule has 3 rings (SSSR count). The Morgan fingerprint density at radius 3 is 2.12 bits per heavy atom. The van der Waals surface area contributed by atoms with Crippen molar-refractivity contribution < 1.29 is 12.9 Å². The van der Waals surface area contributed by atoms with Crippen molar-refractivity contribution in [3.05, 3.63) is 11.5 Å². The van der Waals surface area contributed by atoms with E-state index in [1.807, 2.05) is 0 Å². The topological polar surface area (TPSA) is 84.2 Å². The van der Waals surface area contributed by atoms with Crippen LogP contribution in [0.5, 0.6) is 0 Å². The molecule has 6 nitrogen and oxygen atoms in total. The molecular weight excluding hydrogens is 326 g/mol. The molecule has 1 aromatic heterocycles. The molecule has 136 valence electrons. The highest BCUT2D eigenvalue weighted by atomic mass is 32.2. The molecule has 0 radical (unpaired) electrons. The van der Waals surface area contributed by atoms with E-state index < -0.39 is 10.0 Å². The summed E-state index contributed by atoms with van der Waals surface area (Å²) in [4.78, 5) is 0.194. The average Bonchev–Trinajstić information content (AvgIpc) is 2.82. The van der Waals surface area contributed by atoms with E-state index in [4.69, 9.17) is 4.52 Å². The summed E-state index contributed by atoms with van der Waals surface area (Å²) < 4.78 is 33.1. The monoisotopic (exact) mass is 355 g/mol. The first-order valence-corrected chi connectivity index (χ1v) is 10.7. The zero-order valence-electron chi connectivity index (χ0n) is 14.7. The van der Waals surface area contributed by atoms with E-state index in [9.17, 15) is 8.42 Å². The SMILES string of the molecule is Cc1noc(C)c1S(=O)(=O)N[C@@H]1CC[C@@H]1NC1CCCCCCC1. The zero-order chi connectivity index (χ0) is 17.2. The van der Waals surface area contributed by atoms with Crippen molar-refractivity contribution in [3.8, 4) is 0 Å². The Bertz CT molecular complexity index is 629. The molecule has 0 aliphatic heterocycles. The van der Waals surface area contributed by atoms with Gasteiger partial charge in [0.1, 0.15) is 10.6 Å². The summed E-state index contributed by atoms with van der Waals surface area (Å²) in [6, 6.07) is 0.737. The van der Waals surface area contributed by atoms with Crippen molar-refractivity contribution in [1.82, 2.24) is 15.2 Å². The molecular formula is C17H29N3O3S. The molecule has 1 heterocycles. The maximum absolute atomic E-state index is 12.6. The number of nitrogens with one attached hydrogen (secondary N) is 2. The second-order valence-electron chi connectivity index (χ2n) is 7.27. The Balaban J connectivity index is 1.59. The van der Waals surface area contributed by atoms with Crippen LogP contribution in [0.1, 0.15) is 69.2 Å². The van der Waals surface area contributed by atoms with E-state index in [2.05, 4.69) is 15.2 Å². The van der Waals surface area contributed by atoms with Gasteiger partial charge in [0.25, 0.3) is 0 Å². The lowest BCUT2D eigenvalue weighted by Gasteiger charge is -2.40. The second-order valence-corrected chi connectivity index (χ2v) is 8.92. The van der Waals surface area contributed by atoms with E-state index >= 15 is 0 Å². The standard InChI is InChI=1S/C17H29N3O3S/c1-12-17(13(2)23-19-12)24(21,22)20-16-11-10-15(16)18-14-8-6-4-3-5-7-9-14/h14-16,18,20H,3-11H2,1-2H3/t15-,16+/m0/s1. The van der Waals surface area contributed by atoms with Crippen LogP contribution in [0.3, 0.4) is 0 Å². The molecule has 0 bridgehead atoms. The molecule has 2 aliphatic carbocycles. The minimum atomic E-state index is -3.57. The third-order valence-electron chi connectivity index (χ3n) is 5.37. The summed E-state index contributed by atoms with van der Waals surface area (Å²) in [5.41, 5.74) is 0.420. The molecule has 0 saturated heterocycles. The summed E-state index contributed by atoms with van der Waals surface area (Å²) in [6.07, 6.45) is 10.9. The summed E-state index contributed by atoms with van der Waals surface area (Å²) in [7, 11) is -3.57. The van der Waals surface area contributed by atoms with Crippen LogP contribution in [0.4, 0.5) is 0 Å². The number of hydrogen-bond acceptors (Lipinski definition) is 5. The van der Waals surface area contributed by atoms with Crippen LogP contribution >= 0.6 is 0 Å². The van der Waals surface area contributed by atoms with Crippen molar-refractivity contribution in [2.75, 3.05) is 0 Å². The predicted molar refractivity (Wildman–Crippen MR) is 92.4 cm³/mol. The molecule has 2 saturated carbocycles. The molecule has 7 heteroatoms. The summed E-state index contributed by atoms with van der Waals surface area (Å²) in [5.74, 6) is 0.351. The minimum absolute atomic E-state index is 0.0332. The lowest BCUT2D eigenvalue weighted by Crippen LogP contribution is -2.58. The molecule has 0 spiro atoms. The van der Waals surface area contributed by atoms with Gasteiger partial charge in [-0.25, -0.2) is 13.1 Å².